The lowest BCUT2D eigenvalue weighted by atomic mass is 9.96. The second-order valence-corrected chi connectivity index (χ2v) is 6.04. The lowest BCUT2D eigenvalue weighted by Crippen LogP contribution is -2.32. The molecule has 1 aromatic carbocycles. The van der Waals surface area contributed by atoms with Crippen molar-refractivity contribution >= 4 is 11.8 Å². The molecule has 2 N–H and O–H groups in total. The molecule has 0 aliphatic rings. The van der Waals surface area contributed by atoms with Crippen LogP contribution < -0.4 is 10.6 Å². The van der Waals surface area contributed by atoms with Gasteiger partial charge in [0.25, 0.3) is 5.91 Å². The largest absolute Gasteiger partial charge is 0.459 e. The standard InChI is InChI=1S/C19H24N2O3/c1-14(2)18(15-8-4-3-5-9-15)21-17(22)11-6-12-20-19(23)16-10-7-13-24-16/h3-5,7-10,13-14,18H,6,11-12H2,1-2H3,(H,20,23)(H,21,22). The summed E-state index contributed by atoms with van der Waals surface area (Å²) in [5, 5.41) is 5.81. The molecule has 0 radical (unpaired) electrons. The van der Waals surface area contributed by atoms with Gasteiger partial charge in [-0.3, -0.25) is 9.59 Å². The molecular weight excluding hydrogens is 304 g/mol. The lowest BCUT2D eigenvalue weighted by Gasteiger charge is -2.23. The number of nitrogens with one attached hydrogen (secondary N) is 2. The molecule has 5 nitrogen and oxygen atoms in total. The fraction of sp³-hybridized carbons (Fsp3) is 0.368. The Hall–Kier alpha value is -2.56. The molecular formula is C19H24N2O3. The first kappa shape index (κ1) is 17.8. The van der Waals surface area contributed by atoms with Gasteiger partial charge in [0.2, 0.25) is 5.91 Å². The highest BCUT2D eigenvalue weighted by Gasteiger charge is 2.17. The van der Waals surface area contributed by atoms with Crippen molar-refractivity contribution in [1.82, 2.24) is 10.6 Å². The molecule has 0 bridgehead atoms. The van der Waals surface area contributed by atoms with Crippen molar-refractivity contribution in [2.45, 2.75) is 32.7 Å². The Balaban J connectivity index is 1.74. The molecule has 0 aliphatic heterocycles. The summed E-state index contributed by atoms with van der Waals surface area (Å²) in [4.78, 5) is 23.9. The van der Waals surface area contributed by atoms with Gasteiger partial charge in [0.15, 0.2) is 5.76 Å². The fourth-order valence-corrected chi connectivity index (χ4v) is 2.49. The second-order valence-electron chi connectivity index (χ2n) is 6.04. The number of hydrogen-bond acceptors (Lipinski definition) is 3. The Kier molecular flexibility index (Phi) is 6.61. The molecule has 1 heterocycles. The zero-order chi connectivity index (χ0) is 17.4. The van der Waals surface area contributed by atoms with Gasteiger partial charge in [-0.15, -0.1) is 0 Å². The zero-order valence-corrected chi connectivity index (χ0v) is 14.1. The zero-order valence-electron chi connectivity index (χ0n) is 14.1. The van der Waals surface area contributed by atoms with Crippen molar-refractivity contribution in [3.63, 3.8) is 0 Å². The Bertz CT molecular complexity index is 636. The van der Waals surface area contributed by atoms with E-state index in [2.05, 4.69) is 24.5 Å². The topological polar surface area (TPSA) is 71.3 Å². The van der Waals surface area contributed by atoms with E-state index < -0.39 is 0 Å². The summed E-state index contributed by atoms with van der Waals surface area (Å²) in [6, 6.07) is 13.2. The van der Waals surface area contributed by atoms with Crippen LogP contribution in [0.15, 0.2) is 53.1 Å². The van der Waals surface area contributed by atoms with Gasteiger partial charge in [-0.05, 0) is 30.0 Å². The van der Waals surface area contributed by atoms with Gasteiger partial charge in [0.05, 0.1) is 12.3 Å². The van der Waals surface area contributed by atoms with Crippen LogP contribution in [-0.4, -0.2) is 18.4 Å². The first-order valence-corrected chi connectivity index (χ1v) is 8.24. The normalized spacial score (nSPS) is 12.0. The molecule has 2 amide bonds. The molecule has 24 heavy (non-hydrogen) atoms. The monoisotopic (exact) mass is 328 g/mol. The third-order valence-electron chi connectivity index (χ3n) is 3.75. The van der Waals surface area contributed by atoms with Crippen LogP contribution in [0.1, 0.15) is 48.8 Å². The van der Waals surface area contributed by atoms with E-state index in [0.717, 1.165) is 5.56 Å². The van der Waals surface area contributed by atoms with E-state index in [0.29, 0.717) is 25.3 Å². The maximum atomic E-state index is 12.2. The van der Waals surface area contributed by atoms with Crippen molar-refractivity contribution < 1.29 is 14.0 Å². The summed E-state index contributed by atoms with van der Waals surface area (Å²) in [5.41, 5.74) is 1.10. The second kappa shape index (κ2) is 8.91. The van der Waals surface area contributed by atoms with E-state index in [4.69, 9.17) is 4.42 Å². The molecule has 0 fully saturated rings. The summed E-state index contributed by atoms with van der Waals surface area (Å²) in [6.07, 6.45) is 2.41. The Morgan fingerprint density at radius 3 is 2.46 bits per heavy atom. The van der Waals surface area contributed by atoms with Crippen molar-refractivity contribution in [2.24, 2.45) is 5.92 Å². The minimum absolute atomic E-state index is 0.00332. The molecule has 0 saturated carbocycles. The minimum atomic E-state index is -0.259. The number of rotatable bonds is 8. The Labute approximate surface area is 142 Å². The van der Waals surface area contributed by atoms with Crippen molar-refractivity contribution in [3.8, 4) is 0 Å². The van der Waals surface area contributed by atoms with E-state index in [1.54, 1.807) is 12.1 Å². The van der Waals surface area contributed by atoms with Crippen molar-refractivity contribution in [1.29, 1.82) is 0 Å². The van der Waals surface area contributed by atoms with Crippen LogP contribution in [0.4, 0.5) is 0 Å². The highest BCUT2D eigenvalue weighted by molar-refractivity contribution is 5.91. The summed E-state index contributed by atoms with van der Waals surface area (Å²) in [5.74, 6) is 0.313. The van der Waals surface area contributed by atoms with Crippen LogP contribution in [0.3, 0.4) is 0 Å². The van der Waals surface area contributed by atoms with Gasteiger partial charge in [-0.2, -0.15) is 0 Å². The summed E-state index contributed by atoms with van der Waals surface area (Å²) in [7, 11) is 0. The van der Waals surface area contributed by atoms with Crippen LogP contribution >= 0.6 is 0 Å². The van der Waals surface area contributed by atoms with Gasteiger partial charge < -0.3 is 15.1 Å². The van der Waals surface area contributed by atoms with Gasteiger partial charge in [0.1, 0.15) is 0 Å². The Morgan fingerprint density at radius 2 is 1.83 bits per heavy atom. The molecule has 1 unspecified atom stereocenters. The molecule has 1 aromatic heterocycles. The molecule has 1 atom stereocenters. The van der Waals surface area contributed by atoms with E-state index >= 15 is 0 Å². The average Bonchev–Trinajstić information content (AvgIpc) is 3.11. The number of carbonyl (C=O) groups is 2. The molecule has 2 aromatic rings. The van der Waals surface area contributed by atoms with E-state index in [-0.39, 0.29) is 23.6 Å². The van der Waals surface area contributed by atoms with Crippen LogP contribution in [0.25, 0.3) is 0 Å². The smallest absolute Gasteiger partial charge is 0.286 e. The van der Waals surface area contributed by atoms with E-state index in [9.17, 15) is 9.59 Å². The predicted molar refractivity (Wildman–Crippen MR) is 92.4 cm³/mol. The Morgan fingerprint density at radius 1 is 1.08 bits per heavy atom. The molecule has 0 aliphatic carbocycles. The van der Waals surface area contributed by atoms with E-state index in [1.807, 2.05) is 30.3 Å². The lowest BCUT2D eigenvalue weighted by molar-refractivity contribution is -0.122. The highest BCUT2D eigenvalue weighted by atomic mass is 16.3. The number of amides is 2. The maximum Gasteiger partial charge on any atom is 0.286 e. The molecule has 5 heteroatoms. The highest BCUT2D eigenvalue weighted by Crippen LogP contribution is 2.21. The minimum Gasteiger partial charge on any atom is -0.459 e. The number of furan rings is 1. The average molecular weight is 328 g/mol. The summed E-state index contributed by atoms with van der Waals surface area (Å²) >= 11 is 0. The van der Waals surface area contributed by atoms with Crippen molar-refractivity contribution in [3.05, 3.63) is 60.1 Å². The molecule has 0 saturated heterocycles. The number of hydrogen-bond donors (Lipinski definition) is 2. The van der Waals surface area contributed by atoms with Crippen LogP contribution in [0.5, 0.6) is 0 Å². The van der Waals surface area contributed by atoms with Gasteiger partial charge in [-0.1, -0.05) is 44.2 Å². The number of benzene rings is 1. The predicted octanol–water partition coefficient (Wildman–Crippen LogP) is 3.30. The third-order valence-corrected chi connectivity index (χ3v) is 3.75. The summed E-state index contributed by atoms with van der Waals surface area (Å²) < 4.78 is 5.01. The fourth-order valence-electron chi connectivity index (χ4n) is 2.49. The van der Waals surface area contributed by atoms with Gasteiger partial charge >= 0.3 is 0 Å². The van der Waals surface area contributed by atoms with Crippen LogP contribution in [0, 0.1) is 5.92 Å². The first-order chi connectivity index (χ1) is 11.6. The van der Waals surface area contributed by atoms with Crippen molar-refractivity contribution in [2.75, 3.05) is 6.54 Å². The van der Waals surface area contributed by atoms with Crippen LogP contribution in [-0.2, 0) is 4.79 Å². The maximum absolute atomic E-state index is 12.2. The van der Waals surface area contributed by atoms with Crippen LogP contribution in [0.2, 0.25) is 0 Å². The van der Waals surface area contributed by atoms with E-state index in [1.165, 1.54) is 6.26 Å². The summed E-state index contributed by atoms with van der Waals surface area (Å²) in [6.45, 7) is 4.60. The van der Waals surface area contributed by atoms with Gasteiger partial charge in [-0.25, -0.2) is 0 Å². The molecule has 0 spiro atoms. The SMILES string of the molecule is CC(C)C(NC(=O)CCCNC(=O)c1ccco1)c1ccccc1. The number of carbonyl (C=O) groups excluding carboxylic acids is 2. The van der Waals surface area contributed by atoms with Gasteiger partial charge in [0, 0.05) is 13.0 Å². The quantitative estimate of drug-likeness (QED) is 0.730. The molecule has 128 valence electrons. The molecule has 2 rings (SSSR count). The third kappa shape index (κ3) is 5.26. The first-order valence-electron chi connectivity index (χ1n) is 8.24.